The zero-order valence-electron chi connectivity index (χ0n) is 14.4. The van der Waals surface area contributed by atoms with E-state index in [0.717, 1.165) is 35.7 Å². The Morgan fingerprint density at radius 3 is 2.68 bits per heavy atom. The van der Waals surface area contributed by atoms with Gasteiger partial charge < -0.3 is 9.84 Å². The van der Waals surface area contributed by atoms with Gasteiger partial charge in [-0.15, -0.1) is 11.3 Å². The molecule has 1 aromatic carbocycles. The lowest BCUT2D eigenvalue weighted by molar-refractivity contribution is 0.410. The van der Waals surface area contributed by atoms with Crippen molar-refractivity contribution in [2.24, 2.45) is 4.99 Å². The molecule has 0 aliphatic carbocycles. The number of allylic oxidation sites excluding steroid dienone is 3. The molecule has 0 atom stereocenters. The molecule has 0 spiro atoms. The Kier molecular flexibility index (Phi) is 7.63. The molecule has 6 heteroatoms. The third kappa shape index (κ3) is 5.69. The summed E-state index contributed by atoms with van der Waals surface area (Å²) in [6, 6.07) is 7.53. The highest BCUT2D eigenvalue weighted by molar-refractivity contribution is 7.73. The van der Waals surface area contributed by atoms with E-state index in [9.17, 15) is 5.11 Å². The Labute approximate surface area is 157 Å². The van der Waals surface area contributed by atoms with Gasteiger partial charge in [-0.25, -0.2) is 0 Å². The molecular formula is C19H22N2O2S2. The van der Waals surface area contributed by atoms with E-state index in [-0.39, 0.29) is 5.88 Å². The molecule has 2 aromatic rings. The smallest absolute Gasteiger partial charge is 0.210 e. The first-order valence-corrected chi connectivity index (χ1v) is 9.32. The predicted molar refractivity (Wildman–Crippen MR) is 109 cm³/mol. The number of aromatic hydroxyl groups is 1. The number of rotatable bonds is 8. The number of ether oxygens (including phenoxy) is 1. The van der Waals surface area contributed by atoms with Gasteiger partial charge in [0, 0.05) is 12.8 Å². The van der Waals surface area contributed by atoms with Crippen LogP contribution in [0.2, 0.25) is 0 Å². The van der Waals surface area contributed by atoms with E-state index in [1.54, 1.807) is 17.9 Å². The first kappa shape index (κ1) is 19.1. The molecule has 0 aliphatic rings. The first-order chi connectivity index (χ1) is 12.2. The Morgan fingerprint density at radius 1 is 1.24 bits per heavy atom. The van der Waals surface area contributed by atoms with Gasteiger partial charge >= 0.3 is 0 Å². The fraction of sp³-hybridized carbons (Fsp3) is 0.263. The summed E-state index contributed by atoms with van der Waals surface area (Å²) >= 11 is 6.72. The van der Waals surface area contributed by atoms with E-state index < -0.39 is 0 Å². The highest BCUT2D eigenvalue weighted by Gasteiger charge is 2.08. The average molecular weight is 375 g/mol. The molecule has 1 aromatic heterocycles. The van der Waals surface area contributed by atoms with Crippen LogP contribution >= 0.6 is 23.6 Å². The van der Waals surface area contributed by atoms with Crippen molar-refractivity contribution in [3.05, 3.63) is 51.3 Å². The van der Waals surface area contributed by atoms with E-state index in [2.05, 4.69) is 11.9 Å². The molecule has 0 aliphatic heterocycles. The summed E-state index contributed by atoms with van der Waals surface area (Å²) in [5.41, 5.74) is 0.859. The molecule has 0 fully saturated rings. The van der Waals surface area contributed by atoms with E-state index in [4.69, 9.17) is 17.0 Å². The SMILES string of the molecule is CCCCn1c(O)c(C=CC=CC=Nc2ccc(OC)cc2)sc1=S. The van der Waals surface area contributed by atoms with Crippen molar-refractivity contribution in [2.45, 2.75) is 26.3 Å². The number of aromatic nitrogens is 1. The standard InChI is InChI=1S/C19H22N2O2S2/c1-3-4-14-21-18(22)17(25-19(21)24)8-6-5-7-13-20-15-9-11-16(23-2)12-10-15/h5-13,22H,3-4,14H2,1-2H3. The van der Waals surface area contributed by atoms with Gasteiger partial charge in [0.25, 0.3) is 0 Å². The van der Waals surface area contributed by atoms with Gasteiger partial charge in [-0.05, 0) is 55.1 Å². The molecule has 1 N–H and O–H groups in total. The second kappa shape index (κ2) is 9.96. The van der Waals surface area contributed by atoms with Crippen LogP contribution in [0.3, 0.4) is 0 Å². The third-order valence-corrected chi connectivity index (χ3v) is 4.88. The molecular weight excluding hydrogens is 352 g/mol. The van der Waals surface area contributed by atoms with Crippen LogP contribution < -0.4 is 4.74 Å². The number of thiazole rings is 1. The van der Waals surface area contributed by atoms with Crippen LogP contribution in [-0.2, 0) is 6.54 Å². The summed E-state index contributed by atoms with van der Waals surface area (Å²) < 4.78 is 7.60. The fourth-order valence-corrected chi connectivity index (χ4v) is 3.36. The van der Waals surface area contributed by atoms with E-state index in [1.807, 2.05) is 48.6 Å². The third-order valence-electron chi connectivity index (χ3n) is 3.48. The van der Waals surface area contributed by atoms with Crippen molar-refractivity contribution in [3.8, 4) is 11.6 Å². The van der Waals surface area contributed by atoms with Gasteiger partial charge in [-0.2, -0.15) is 0 Å². The van der Waals surface area contributed by atoms with Crippen molar-refractivity contribution in [2.75, 3.05) is 7.11 Å². The fourth-order valence-electron chi connectivity index (χ4n) is 2.09. The molecule has 1 heterocycles. The molecule has 25 heavy (non-hydrogen) atoms. The number of benzene rings is 1. The second-order valence-electron chi connectivity index (χ2n) is 5.28. The molecule has 0 bridgehead atoms. The van der Waals surface area contributed by atoms with Crippen molar-refractivity contribution in [3.63, 3.8) is 0 Å². The number of hydrogen-bond acceptors (Lipinski definition) is 5. The minimum Gasteiger partial charge on any atom is -0.497 e. The molecule has 0 radical (unpaired) electrons. The van der Waals surface area contributed by atoms with Crippen LogP contribution in [-0.4, -0.2) is 23.0 Å². The van der Waals surface area contributed by atoms with E-state index in [0.29, 0.717) is 3.95 Å². The largest absolute Gasteiger partial charge is 0.497 e. The summed E-state index contributed by atoms with van der Waals surface area (Å²) in [5, 5.41) is 10.2. The lowest BCUT2D eigenvalue weighted by Gasteiger charge is -2.02. The summed E-state index contributed by atoms with van der Waals surface area (Å²) in [5.74, 6) is 1.06. The Morgan fingerprint density at radius 2 is 2.00 bits per heavy atom. The molecule has 4 nitrogen and oxygen atoms in total. The molecule has 0 unspecified atom stereocenters. The number of methoxy groups -OCH3 is 1. The minimum absolute atomic E-state index is 0.250. The van der Waals surface area contributed by atoms with Gasteiger partial charge in [0.2, 0.25) is 5.88 Å². The summed E-state index contributed by atoms with van der Waals surface area (Å²) in [7, 11) is 1.64. The minimum atomic E-state index is 0.250. The van der Waals surface area contributed by atoms with Crippen LogP contribution in [0.25, 0.3) is 6.08 Å². The average Bonchev–Trinajstić information content (AvgIpc) is 2.90. The van der Waals surface area contributed by atoms with E-state index in [1.165, 1.54) is 11.3 Å². The summed E-state index contributed by atoms with van der Waals surface area (Å²) in [6.45, 7) is 2.88. The normalized spacial score (nSPS) is 11.9. The number of nitrogens with zero attached hydrogens (tertiary/aromatic N) is 2. The highest BCUT2D eigenvalue weighted by Crippen LogP contribution is 2.27. The first-order valence-electron chi connectivity index (χ1n) is 8.09. The van der Waals surface area contributed by atoms with Gasteiger partial charge in [0.1, 0.15) is 5.75 Å². The summed E-state index contributed by atoms with van der Waals surface area (Å²) in [4.78, 5) is 5.10. The summed E-state index contributed by atoms with van der Waals surface area (Å²) in [6.07, 6.45) is 11.2. The second-order valence-corrected chi connectivity index (χ2v) is 6.96. The monoisotopic (exact) mass is 374 g/mol. The van der Waals surface area contributed by atoms with Crippen molar-refractivity contribution >= 4 is 41.5 Å². The molecule has 0 saturated heterocycles. The maximum atomic E-state index is 10.2. The van der Waals surface area contributed by atoms with Crippen LogP contribution in [0.4, 0.5) is 5.69 Å². The van der Waals surface area contributed by atoms with Gasteiger partial charge in [0.15, 0.2) is 3.95 Å². The highest BCUT2D eigenvalue weighted by atomic mass is 32.1. The molecule has 0 amide bonds. The van der Waals surface area contributed by atoms with Crippen molar-refractivity contribution in [1.82, 2.24) is 4.57 Å². The number of unbranched alkanes of at least 4 members (excludes halogenated alkanes) is 1. The van der Waals surface area contributed by atoms with Crippen molar-refractivity contribution < 1.29 is 9.84 Å². The predicted octanol–water partition coefficient (Wildman–Crippen LogP) is 5.77. The van der Waals surface area contributed by atoms with Gasteiger partial charge in [0.05, 0.1) is 17.7 Å². The molecule has 132 valence electrons. The lowest BCUT2D eigenvalue weighted by atomic mass is 10.3. The maximum Gasteiger partial charge on any atom is 0.210 e. The van der Waals surface area contributed by atoms with E-state index >= 15 is 0 Å². The topological polar surface area (TPSA) is 46.8 Å². The van der Waals surface area contributed by atoms with Crippen LogP contribution in [0.1, 0.15) is 24.6 Å². The lowest BCUT2D eigenvalue weighted by Crippen LogP contribution is -1.96. The zero-order chi connectivity index (χ0) is 18.1. The Hall–Kier alpha value is -2.18. The van der Waals surface area contributed by atoms with Gasteiger partial charge in [-0.1, -0.05) is 25.5 Å². The molecule has 0 saturated carbocycles. The zero-order valence-corrected chi connectivity index (χ0v) is 16.0. The van der Waals surface area contributed by atoms with Gasteiger partial charge in [-0.3, -0.25) is 9.56 Å². The quantitative estimate of drug-likeness (QED) is 0.363. The van der Waals surface area contributed by atoms with Crippen molar-refractivity contribution in [1.29, 1.82) is 0 Å². The number of aliphatic imine (C=N–C) groups is 1. The van der Waals surface area contributed by atoms with Crippen LogP contribution in [0.15, 0.2) is 47.5 Å². The number of hydrogen-bond donors (Lipinski definition) is 1. The Balaban J connectivity index is 1.94. The van der Waals surface area contributed by atoms with Crippen LogP contribution in [0, 0.1) is 3.95 Å². The molecule has 2 rings (SSSR count). The maximum absolute atomic E-state index is 10.2. The van der Waals surface area contributed by atoms with Crippen LogP contribution in [0.5, 0.6) is 11.6 Å². The Bertz CT molecular complexity index is 815.